The number of rotatable bonds is 7. The molecule has 146 valence electrons. The van der Waals surface area contributed by atoms with Crippen LogP contribution in [0.25, 0.3) is 0 Å². The van der Waals surface area contributed by atoms with E-state index in [1.807, 2.05) is 38.1 Å². The zero-order chi connectivity index (χ0) is 20.3. The number of hydrogen-bond acceptors (Lipinski definition) is 3. The molecule has 2 aromatic rings. The molecule has 0 aliphatic carbocycles. The minimum absolute atomic E-state index is 0.217. The van der Waals surface area contributed by atoms with Crippen molar-refractivity contribution in [3.8, 4) is 0 Å². The molecule has 5 nitrogen and oxygen atoms in total. The number of unbranched alkanes of at least 4 members (excludes halogenated alkanes) is 1. The van der Waals surface area contributed by atoms with E-state index in [0.717, 1.165) is 24.2 Å². The SMILES string of the molecule is CCCCc1ccc(NC(=O)[C@@H](C(C)C)N2C(=O)c3ccccc3C2=O)cc1. The first-order valence-corrected chi connectivity index (χ1v) is 9.80. The second-order valence-corrected chi connectivity index (χ2v) is 7.50. The maximum atomic E-state index is 13.0. The summed E-state index contributed by atoms with van der Waals surface area (Å²) in [5.74, 6) is -1.40. The molecule has 2 aromatic carbocycles. The first-order chi connectivity index (χ1) is 13.4. The number of aryl methyl sites for hydroxylation is 1. The molecular formula is C23H26N2O3. The molecule has 0 aromatic heterocycles. The van der Waals surface area contributed by atoms with E-state index in [4.69, 9.17) is 0 Å². The van der Waals surface area contributed by atoms with E-state index in [1.54, 1.807) is 24.3 Å². The second-order valence-electron chi connectivity index (χ2n) is 7.50. The molecule has 1 aliphatic heterocycles. The van der Waals surface area contributed by atoms with Crippen LogP contribution in [0.2, 0.25) is 0 Å². The highest BCUT2D eigenvalue weighted by atomic mass is 16.2. The van der Waals surface area contributed by atoms with Gasteiger partial charge in [0.1, 0.15) is 6.04 Å². The molecule has 0 unspecified atom stereocenters. The van der Waals surface area contributed by atoms with Crippen molar-refractivity contribution < 1.29 is 14.4 Å². The number of carbonyl (C=O) groups is 3. The molecule has 3 amide bonds. The van der Waals surface area contributed by atoms with Crippen molar-refractivity contribution >= 4 is 23.4 Å². The second kappa shape index (κ2) is 8.38. The van der Waals surface area contributed by atoms with E-state index in [9.17, 15) is 14.4 Å². The summed E-state index contributed by atoms with van der Waals surface area (Å²) in [6, 6.07) is 13.5. The Labute approximate surface area is 165 Å². The quantitative estimate of drug-likeness (QED) is 0.731. The van der Waals surface area contributed by atoms with Crippen LogP contribution in [0.4, 0.5) is 5.69 Å². The summed E-state index contributed by atoms with van der Waals surface area (Å²) in [5, 5.41) is 2.87. The van der Waals surface area contributed by atoms with Crippen LogP contribution in [-0.4, -0.2) is 28.7 Å². The van der Waals surface area contributed by atoms with Gasteiger partial charge in [-0.3, -0.25) is 19.3 Å². The molecule has 28 heavy (non-hydrogen) atoms. The molecule has 5 heteroatoms. The van der Waals surface area contributed by atoms with Gasteiger partial charge in [-0.15, -0.1) is 0 Å². The van der Waals surface area contributed by atoms with E-state index >= 15 is 0 Å². The van der Waals surface area contributed by atoms with Crippen LogP contribution >= 0.6 is 0 Å². The van der Waals surface area contributed by atoms with Crippen molar-refractivity contribution in [2.75, 3.05) is 5.32 Å². The van der Waals surface area contributed by atoms with Gasteiger partial charge in [-0.2, -0.15) is 0 Å². The fourth-order valence-electron chi connectivity index (χ4n) is 3.53. The number of anilines is 1. The van der Waals surface area contributed by atoms with Crippen molar-refractivity contribution in [3.05, 3.63) is 65.2 Å². The highest BCUT2D eigenvalue weighted by Gasteiger charge is 2.43. The number of benzene rings is 2. The molecule has 0 radical (unpaired) electrons. The van der Waals surface area contributed by atoms with Gasteiger partial charge in [0.15, 0.2) is 0 Å². The molecule has 1 aliphatic rings. The number of nitrogens with zero attached hydrogens (tertiary/aromatic N) is 1. The molecule has 0 spiro atoms. The van der Waals surface area contributed by atoms with Crippen LogP contribution in [0.15, 0.2) is 48.5 Å². The summed E-state index contributed by atoms with van der Waals surface area (Å²) in [6.45, 7) is 5.82. The monoisotopic (exact) mass is 378 g/mol. The van der Waals surface area contributed by atoms with E-state index in [1.165, 1.54) is 5.56 Å². The van der Waals surface area contributed by atoms with Gasteiger partial charge < -0.3 is 5.32 Å². The number of imide groups is 1. The lowest BCUT2D eigenvalue weighted by Crippen LogP contribution is -2.50. The zero-order valence-corrected chi connectivity index (χ0v) is 16.6. The molecule has 0 saturated heterocycles. The molecular weight excluding hydrogens is 352 g/mol. The lowest BCUT2D eigenvalue weighted by Gasteiger charge is -2.28. The van der Waals surface area contributed by atoms with Gasteiger partial charge in [-0.25, -0.2) is 0 Å². The Bertz CT molecular complexity index is 852. The molecule has 1 atom stereocenters. The Morgan fingerprint density at radius 1 is 0.964 bits per heavy atom. The number of amides is 3. The van der Waals surface area contributed by atoms with E-state index in [-0.39, 0.29) is 11.8 Å². The Balaban J connectivity index is 1.78. The maximum absolute atomic E-state index is 13.0. The van der Waals surface area contributed by atoms with E-state index < -0.39 is 17.9 Å². The number of nitrogens with one attached hydrogen (secondary N) is 1. The Hall–Kier alpha value is -2.95. The van der Waals surface area contributed by atoms with Gasteiger partial charge in [0.05, 0.1) is 11.1 Å². The molecule has 0 saturated carbocycles. The first kappa shape index (κ1) is 19.8. The van der Waals surface area contributed by atoms with Gasteiger partial charge in [0, 0.05) is 5.69 Å². The van der Waals surface area contributed by atoms with Crippen molar-refractivity contribution in [2.45, 2.75) is 46.1 Å². The average Bonchev–Trinajstić information content (AvgIpc) is 2.93. The molecule has 1 N–H and O–H groups in total. The van der Waals surface area contributed by atoms with Crippen LogP contribution in [0, 0.1) is 5.92 Å². The fraction of sp³-hybridized carbons (Fsp3) is 0.348. The Morgan fingerprint density at radius 2 is 1.54 bits per heavy atom. The first-order valence-electron chi connectivity index (χ1n) is 9.80. The third-order valence-corrected chi connectivity index (χ3v) is 5.04. The van der Waals surface area contributed by atoms with Gasteiger partial charge >= 0.3 is 0 Å². The van der Waals surface area contributed by atoms with Gasteiger partial charge in [0.2, 0.25) is 5.91 Å². The summed E-state index contributed by atoms with van der Waals surface area (Å²) in [5.41, 5.74) is 2.59. The number of fused-ring (bicyclic) bond motifs is 1. The summed E-state index contributed by atoms with van der Waals surface area (Å²) >= 11 is 0. The van der Waals surface area contributed by atoms with Gasteiger partial charge in [-0.05, 0) is 48.6 Å². The van der Waals surface area contributed by atoms with Crippen molar-refractivity contribution in [3.63, 3.8) is 0 Å². The number of hydrogen-bond donors (Lipinski definition) is 1. The van der Waals surface area contributed by atoms with Crippen molar-refractivity contribution in [1.29, 1.82) is 0 Å². The van der Waals surface area contributed by atoms with Crippen molar-refractivity contribution in [1.82, 2.24) is 4.90 Å². The third kappa shape index (κ3) is 3.84. The molecule has 0 bridgehead atoms. The van der Waals surface area contributed by atoms with Crippen LogP contribution in [0.1, 0.15) is 59.9 Å². The van der Waals surface area contributed by atoms with Crippen LogP contribution in [-0.2, 0) is 11.2 Å². The lowest BCUT2D eigenvalue weighted by molar-refractivity contribution is -0.121. The molecule has 0 fully saturated rings. The van der Waals surface area contributed by atoms with Gasteiger partial charge in [0.25, 0.3) is 11.8 Å². The highest BCUT2D eigenvalue weighted by molar-refractivity contribution is 6.23. The highest BCUT2D eigenvalue weighted by Crippen LogP contribution is 2.27. The lowest BCUT2D eigenvalue weighted by atomic mass is 10.0. The molecule has 1 heterocycles. The predicted octanol–water partition coefficient (Wildman–Crippen LogP) is 4.29. The number of carbonyl (C=O) groups excluding carboxylic acids is 3. The normalized spacial score (nSPS) is 14.4. The third-order valence-electron chi connectivity index (χ3n) is 5.04. The summed E-state index contributed by atoms with van der Waals surface area (Å²) in [6.07, 6.45) is 3.27. The Kier molecular flexibility index (Phi) is 5.93. The standard InChI is InChI=1S/C23H26N2O3/c1-4-5-8-16-11-13-17(14-12-16)24-21(26)20(15(2)3)25-22(27)18-9-6-7-10-19(18)23(25)28/h6-7,9-15,20H,4-5,8H2,1-3H3,(H,24,26)/t20-/m1/s1. The predicted molar refractivity (Wildman–Crippen MR) is 109 cm³/mol. The average molecular weight is 378 g/mol. The maximum Gasteiger partial charge on any atom is 0.262 e. The van der Waals surface area contributed by atoms with Crippen LogP contribution in [0.3, 0.4) is 0 Å². The van der Waals surface area contributed by atoms with Crippen LogP contribution in [0.5, 0.6) is 0 Å². The largest absolute Gasteiger partial charge is 0.324 e. The van der Waals surface area contributed by atoms with E-state index in [2.05, 4.69) is 12.2 Å². The van der Waals surface area contributed by atoms with Crippen molar-refractivity contribution in [2.24, 2.45) is 5.92 Å². The fourth-order valence-corrected chi connectivity index (χ4v) is 3.53. The van der Waals surface area contributed by atoms with Crippen LogP contribution < -0.4 is 5.32 Å². The summed E-state index contributed by atoms with van der Waals surface area (Å²) in [7, 11) is 0. The topological polar surface area (TPSA) is 66.5 Å². The van der Waals surface area contributed by atoms with E-state index in [0.29, 0.717) is 16.8 Å². The smallest absolute Gasteiger partial charge is 0.262 e. The minimum atomic E-state index is -0.868. The summed E-state index contributed by atoms with van der Waals surface area (Å²) < 4.78 is 0. The Morgan fingerprint density at radius 3 is 2.04 bits per heavy atom. The van der Waals surface area contributed by atoms with Gasteiger partial charge in [-0.1, -0.05) is 51.5 Å². The zero-order valence-electron chi connectivity index (χ0n) is 16.6. The molecule has 3 rings (SSSR count). The minimum Gasteiger partial charge on any atom is -0.324 e. The summed E-state index contributed by atoms with van der Waals surface area (Å²) in [4.78, 5) is 39.6.